The fourth-order valence-corrected chi connectivity index (χ4v) is 2.74. The molecule has 0 atom stereocenters. The van der Waals surface area contributed by atoms with Crippen molar-refractivity contribution < 1.29 is 4.79 Å². The van der Waals surface area contributed by atoms with Crippen LogP contribution in [0.5, 0.6) is 0 Å². The molecule has 122 valence electrons. The normalized spacial score (nSPS) is 16.9. The molecule has 1 saturated heterocycles. The van der Waals surface area contributed by atoms with Gasteiger partial charge in [0.05, 0.1) is 12.2 Å². The smallest absolute Gasteiger partial charge is 0.251 e. The number of nitrogens with one attached hydrogen (secondary N) is 2. The van der Waals surface area contributed by atoms with E-state index >= 15 is 0 Å². The summed E-state index contributed by atoms with van der Waals surface area (Å²) in [6, 6.07) is 1.89. The van der Waals surface area contributed by atoms with E-state index < -0.39 is 0 Å². The molecule has 7 heteroatoms. The molecular weight excluding hydrogens is 282 g/mol. The Morgan fingerprint density at radius 2 is 2.18 bits per heavy atom. The first-order chi connectivity index (χ1) is 10.5. The maximum Gasteiger partial charge on any atom is 0.251 e. The van der Waals surface area contributed by atoms with Gasteiger partial charge in [-0.05, 0) is 39.8 Å². The second kappa shape index (κ2) is 7.51. The molecule has 1 aliphatic rings. The van der Waals surface area contributed by atoms with Crippen LogP contribution in [-0.2, 0) is 17.9 Å². The summed E-state index contributed by atoms with van der Waals surface area (Å²) in [6.07, 6.45) is 1.74. The van der Waals surface area contributed by atoms with Crippen LogP contribution in [0.3, 0.4) is 0 Å². The standard InChI is InChI=1S/C15H25N5O2/c1-10(2)20-5-3-11(4-6-20)15(22)17-9-13-18-12(8-16)7-14(21)19-13/h7,10-11H,3-6,8-9,16H2,1-2H3,(H,17,22)(H,18,19,21). The minimum atomic E-state index is -0.245. The number of piperidine rings is 1. The van der Waals surface area contributed by atoms with Crippen LogP contribution < -0.4 is 16.6 Å². The zero-order valence-corrected chi connectivity index (χ0v) is 13.3. The van der Waals surface area contributed by atoms with E-state index in [1.54, 1.807) is 0 Å². The predicted molar refractivity (Wildman–Crippen MR) is 84.0 cm³/mol. The van der Waals surface area contributed by atoms with Gasteiger partial charge in [0.2, 0.25) is 5.91 Å². The van der Waals surface area contributed by atoms with E-state index in [9.17, 15) is 9.59 Å². The number of hydrogen-bond donors (Lipinski definition) is 3. The SMILES string of the molecule is CC(C)N1CCC(C(=O)NCc2nc(CN)cc(=O)[nH]2)CC1. The first-order valence-electron chi connectivity index (χ1n) is 7.80. The second-order valence-corrected chi connectivity index (χ2v) is 6.01. The summed E-state index contributed by atoms with van der Waals surface area (Å²) in [5.74, 6) is 0.518. The van der Waals surface area contributed by atoms with E-state index in [1.807, 2.05) is 0 Å². The number of likely N-dealkylation sites (tertiary alicyclic amines) is 1. The van der Waals surface area contributed by atoms with E-state index in [0.29, 0.717) is 17.6 Å². The van der Waals surface area contributed by atoms with E-state index in [0.717, 1.165) is 25.9 Å². The van der Waals surface area contributed by atoms with Crippen molar-refractivity contribution >= 4 is 5.91 Å². The quantitative estimate of drug-likeness (QED) is 0.708. The van der Waals surface area contributed by atoms with E-state index in [4.69, 9.17) is 5.73 Å². The highest BCUT2D eigenvalue weighted by Gasteiger charge is 2.25. The van der Waals surface area contributed by atoms with Crippen LogP contribution in [0.2, 0.25) is 0 Å². The first-order valence-corrected chi connectivity index (χ1v) is 7.80. The van der Waals surface area contributed by atoms with Gasteiger partial charge in [0.15, 0.2) is 0 Å². The third-order valence-electron chi connectivity index (χ3n) is 4.11. The van der Waals surface area contributed by atoms with Crippen molar-refractivity contribution in [1.29, 1.82) is 0 Å². The van der Waals surface area contributed by atoms with E-state index in [2.05, 4.69) is 34.0 Å². The Kier molecular flexibility index (Phi) is 5.68. The fraction of sp³-hybridized carbons (Fsp3) is 0.667. The monoisotopic (exact) mass is 307 g/mol. The largest absolute Gasteiger partial charge is 0.349 e. The zero-order valence-electron chi connectivity index (χ0n) is 13.3. The Morgan fingerprint density at radius 1 is 1.50 bits per heavy atom. The molecule has 0 unspecified atom stereocenters. The molecule has 1 fully saturated rings. The van der Waals surface area contributed by atoms with Gasteiger partial charge in [0.25, 0.3) is 5.56 Å². The van der Waals surface area contributed by atoms with Gasteiger partial charge in [-0.25, -0.2) is 4.98 Å². The van der Waals surface area contributed by atoms with Crippen LogP contribution in [0, 0.1) is 5.92 Å². The molecule has 0 radical (unpaired) electrons. The van der Waals surface area contributed by atoms with Crippen molar-refractivity contribution in [2.24, 2.45) is 11.7 Å². The molecule has 4 N–H and O–H groups in total. The lowest BCUT2D eigenvalue weighted by atomic mass is 9.95. The van der Waals surface area contributed by atoms with Crippen molar-refractivity contribution in [3.63, 3.8) is 0 Å². The zero-order chi connectivity index (χ0) is 16.1. The molecule has 0 bridgehead atoms. The molecule has 7 nitrogen and oxygen atoms in total. The summed E-state index contributed by atoms with van der Waals surface area (Å²) in [4.78, 5) is 32.9. The Hall–Kier alpha value is -1.73. The Labute approximate surface area is 130 Å². The van der Waals surface area contributed by atoms with Crippen molar-refractivity contribution in [1.82, 2.24) is 20.2 Å². The van der Waals surface area contributed by atoms with Gasteiger partial charge in [-0.15, -0.1) is 0 Å². The summed E-state index contributed by atoms with van der Waals surface area (Å²) in [5.41, 5.74) is 5.77. The van der Waals surface area contributed by atoms with Crippen molar-refractivity contribution in [3.8, 4) is 0 Å². The average molecular weight is 307 g/mol. The average Bonchev–Trinajstić information content (AvgIpc) is 2.52. The number of nitrogens with two attached hydrogens (primary N) is 1. The third-order valence-corrected chi connectivity index (χ3v) is 4.11. The second-order valence-electron chi connectivity index (χ2n) is 6.01. The van der Waals surface area contributed by atoms with Gasteiger partial charge in [-0.1, -0.05) is 0 Å². The van der Waals surface area contributed by atoms with Gasteiger partial charge in [0, 0.05) is 24.6 Å². The predicted octanol–water partition coefficient (Wildman–Crippen LogP) is -0.0348. The summed E-state index contributed by atoms with van der Waals surface area (Å²) >= 11 is 0. The van der Waals surface area contributed by atoms with Gasteiger partial charge < -0.3 is 20.9 Å². The molecule has 0 saturated carbocycles. The van der Waals surface area contributed by atoms with Crippen LogP contribution in [0.25, 0.3) is 0 Å². The fourth-order valence-electron chi connectivity index (χ4n) is 2.74. The molecule has 1 aromatic heterocycles. The molecule has 1 aromatic rings. The molecule has 0 aliphatic carbocycles. The minimum absolute atomic E-state index is 0.0317. The number of H-pyrrole nitrogens is 1. The van der Waals surface area contributed by atoms with Gasteiger partial charge in [-0.3, -0.25) is 9.59 Å². The first kappa shape index (κ1) is 16.6. The van der Waals surface area contributed by atoms with Crippen LogP contribution >= 0.6 is 0 Å². The Balaban J connectivity index is 1.86. The molecule has 1 aliphatic heterocycles. The van der Waals surface area contributed by atoms with Crippen LogP contribution in [0.4, 0.5) is 0 Å². The van der Waals surface area contributed by atoms with Crippen LogP contribution in [0.15, 0.2) is 10.9 Å². The Morgan fingerprint density at radius 3 is 2.77 bits per heavy atom. The topological polar surface area (TPSA) is 104 Å². The van der Waals surface area contributed by atoms with Crippen molar-refractivity contribution in [2.75, 3.05) is 13.1 Å². The summed E-state index contributed by atoms with van der Waals surface area (Å²) in [7, 11) is 0. The Bertz CT molecular complexity index is 561. The van der Waals surface area contributed by atoms with Crippen LogP contribution in [0.1, 0.15) is 38.2 Å². The van der Waals surface area contributed by atoms with Crippen molar-refractivity contribution in [2.45, 2.75) is 45.8 Å². The molecule has 22 heavy (non-hydrogen) atoms. The minimum Gasteiger partial charge on any atom is -0.349 e. The highest BCUT2D eigenvalue weighted by Crippen LogP contribution is 2.18. The molecule has 2 rings (SSSR count). The van der Waals surface area contributed by atoms with E-state index in [1.165, 1.54) is 6.07 Å². The number of amides is 1. The van der Waals surface area contributed by atoms with Gasteiger partial charge in [-0.2, -0.15) is 0 Å². The van der Waals surface area contributed by atoms with Crippen molar-refractivity contribution in [3.05, 3.63) is 27.9 Å². The third kappa shape index (κ3) is 4.38. The number of carbonyl (C=O) groups is 1. The molecule has 0 aromatic carbocycles. The number of rotatable bonds is 5. The maximum absolute atomic E-state index is 12.2. The molecule has 2 heterocycles. The summed E-state index contributed by atoms with van der Waals surface area (Å²) in [5, 5.41) is 2.86. The lowest BCUT2D eigenvalue weighted by Gasteiger charge is -2.33. The lowest BCUT2D eigenvalue weighted by Crippen LogP contribution is -2.43. The molecular formula is C15H25N5O2. The maximum atomic E-state index is 12.2. The summed E-state index contributed by atoms with van der Waals surface area (Å²) in [6.45, 7) is 6.69. The number of hydrogen-bond acceptors (Lipinski definition) is 5. The number of aromatic amines is 1. The van der Waals surface area contributed by atoms with Gasteiger partial charge in [0.1, 0.15) is 5.82 Å². The lowest BCUT2D eigenvalue weighted by molar-refractivity contribution is -0.126. The van der Waals surface area contributed by atoms with Crippen LogP contribution in [-0.4, -0.2) is 39.9 Å². The van der Waals surface area contributed by atoms with E-state index in [-0.39, 0.29) is 30.5 Å². The molecule has 0 spiro atoms. The highest BCUT2D eigenvalue weighted by atomic mass is 16.2. The highest BCUT2D eigenvalue weighted by molar-refractivity contribution is 5.78. The summed E-state index contributed by atoms with van der Waals surface area (Å²) < 4.78 is 0. The van der Waals surface area contributed by atoms with Gasteiger partial charge >= 0.3 is 0 Å². The number of aromatic nitrogens is 2. The number of nitrogens with zero attached hydrogens (tertiary/aromatic N) is 2. The molecule has 1 amide bonds. The number of carbonyl (C=O) groups excluding carboxylic acids is 1.